The van der Waals surface area contributed by atoms with Gasteiger partial charge in [-0.3, -0.25) is 15.0 Å². The molecule has 4 aliphatic rings. The minimum atomic E-state index is -0.513. The smallest absolute Gasteiger partial charge is 0.333 e. The van der Waals surface area contributed by atoms with Crippen LogP contribution >= 0.6 is 11.3 Å². The summed E-state index contributed by atoms with van der Waals surface area (Å²) < 4.78 is 5.30. The monoisotopic (exact) mass is 507 g/mol. The molecule has 1 unspecified atom stereocenters. The number of hydrogen-bond donors (Lipinski definition) is 3. The number of hydrogen-bond acceptors (Lipinski definition) is 9. The zero-order chi connectivity index (χ0) is 24.6. The van der Waals surface area contributed by atoms with Crippen LogP contribution in [0.3, 0.4) is 0 Å². The van der Waals surface area contributed by atoms with Crippen LogP contribution in [0.1, 0.15) is 36.5 Å². The molecule has 1 atom stereocenters. The van der Waals surface area contributed by atoms with Gasteiger partial charge in [0.2, 0.25) is 0 Å². The Balaban J connectivity index is 1.24. The fourth-order valence-electron chi connectivity index (χ4n) is 4.85. The molecular weight excluding hydrogens is 482 g/mol. The number of morpholine rings is 1. The topological polar surface area (TPSA) is 128 Å². The molecule has 2 fully saturated rings. The van der Waals surface area contributed by atoms with E-state index >= 15 is 0 Å². The Bertz CT molecular complexity index is 1290. The number of azo groups is 1. The Morgan fingerprint density at radius 1 is 1.08 bits per heavy atom. The Kier molecular flexibility index (Phi) is 6.09. The highest BCUT2D eigenvalue weighted by Crippen LogP contribution is 2.49. The summed E-state index contributed by atoms with van der Waals surface area (Å²) in [6, 6.07) is 8.03. The van der Waals surface area contributed by atoms with E-state index in [2.05, 4.69) is 26.3 Å². The number of rotatable bonds is 4. The number of amides is 3. The van der Waals surface area contributed by atoms with Crippen molar-refractivity contribution in [3.05, 3.63) is 56.8 Å². The van der Waals surface area contributed by atoms with Gasteiger partial charge in [0.25, 0.3) is 5.91 Å². The molecule has 0 saturated carbocycles. The highest BCUT2D eigenvalue weighted by molar-refractivity contribution is 7.15. The largest absolute Gasteiger partial charge is 0.379 e. The number of piperazine rings is 1. The van der Waals surface area contributed by atoms with Gasteiger partial charge in [-0.1, -0.05) is 12.1 Å². The minimum Gasteiger partial charge on any atom is -0.379 e. The number of fused-ring (bicyclic) bond motifs is 3. The molecule has 0 spiro atoms. The molecule has 1 aromatic heterocycles. The van der Waals surface area contributed by atoms with Crippen molar-refractivity contribution < 1.29 is 19.1 Å². The van der Waals surface area contributed by atoms with E-state index in [0.29, 0.717) is 72.4 Å². The maximum absolute atomic E-state index is 13.6. The second-order valence-corrected chi connectivity index (χ2v) is 9.93. The van der Waals surface area contributed by atoms with Gasteiger partial charge >= 0.3 is 6.03 Å². The quantitative estimate of drug-likeness (QED) is 0.583. The summed E-state index contributed by atoms with van der Waals surface area (Å²) >= 11 is 1.32. The van der Waals surface area contributed by atoms with Gasteiger partial charge < -0.3 is 20.3 Å². The van der Waals surface area contributed by atoms with Crippen LogP contribution in [0.15, 0.2) is 46.1 Å². The lowest BCUT2D eigenvalue weighted by atomic mass is 10.1. The number of anilines is 1. The van der Waals surface area contributed by atoms with Gasteiger partial charge in [-0.05, 0) is 23.8 Å². The van der Waals surface area contributed by atoms with Crippen molar-refractivity contribution >= 4 is 40.4 Å². The predicted molar refractivity (Wildman–Crippen MR) is 133 cm³/mol. The van der Waals surface area contributed by atoms with Crippen molar-refractivity contribution in [1.29, 1.82) is 0 Å². The van der Waals surface area contributed by atoms with Gasteiger partial charge in [-0.25, -0.2) is 9.80 Å². The van der Waals surface area contributed by atoms with Gasteiger partial charge in [-0.2, -0.15) is 10.2 Å². The third-order valence-electron chi connectivity index (χ3n) is 6.64. The van der Waals surface area contributed by atoms with Gasteiger partial charge in [-0.15, -0.1) is 11.3 Å². The number of ketones is 1. The van der Waals surface area contributed by atoms with Crippen molar-refractivity contribution in [1.82, 2.24) is 20.7 Å². The van der Waals surface area contributed by atoms with Gasteiger partial charge in [0, 0.05) is 39.3 Å². The van der Waals surface area contributed by atoms with Crippen molar-refractivity contribution in [2.24, 2.45) is 10.2 Å². The molecule has 3 amide bonds. The molecule has 3 N–H and O–H groups in total. The lowest BCUT2D eigenvalue weighted by Gasteiger charge is -2.27. The first-order chi connectivity index (χ1) is 17.6. The van der Waals surface area contributed by atoms with E-state index in [-0.39, 0.29) is 11.7 Å². The number of nitrogens with zero attached hydrogens (tertiary/aromatic N) is 4. The molecule has 12 heteroatoms. The van der Waals surface area contributed by atoms with E-state index < -0.39 is 12.1 Å². The molecular formula is C24H25N7O4S. The number of thiophene rings is 1. The summed E-state index contributed by atoms with van der Waals surface area (Å²) in [5.74, 6) is -0.218. The number of urea groups is 1. The standard InChI is InChI=1S/C24H25N7O4S/c32-22-18-14(2-1-3-15(18)26-24(34)29-31-10-12-35-13-11-31)20-19(22)21(28-27-20)16-4-5-17(36-16)23(33)30-8-6-25-7-9-30/h1-5,20,25H,6-13H2,(H2,26,29,34). The molecule has 4 heterocycles. The lowest BCUT2D eigenvalue weighted by molar-refractivity contribution is 0.0207. The van der Waals surface area contributed by atoms with Gasteiger partial charge in [0.1, 0.15) is 11.7 Å². The molecule has 2 saturated heterocycles. The number of ether oxygens (including phenoxy) is 1. The van der Waals surface area contributed by atoms with E-state index in [0.717, 1.165) is 18.0 Å². The molecule has 6 rings (SSSR count). The van der Waals surface area contributed by atoms with E-state index in [4.69, 9.17) is 4.74 Å². The van der Waals surface area contributed by atoms with E-state index in [1.54, 1.807) is 23.2 Å². The normalized spacial score (nSPS) is 21.5. The molecule has 36 heavy (non-hydrogen) atoms. The van der Waals surface area contributed by atoms with Crippen molar-refractivity contribution in [3.8, 4) is 0 Å². The fraction of sp³-hybridized carbons (Fsp3) is 0.375. The zero-order valence-corrected chi connectivity index (χ0v) is 20.3. The average molecular weight is 508 g/mol. The second-order valence-electron chi connectivity index (χ2n) is 8.85. The third kappa shape index (κ3) is 4.11. The fourth-order valence-corrected chi connectivity index (χ4v) is 5.82. The van der Waals surface area contributed by atoms with Crippen molar-refractivity contribution in [2.45, 2.75) is 6.04 Å². The van der Waals surface area contributed by atoms with Crippen LogP contribution in [0, 0.1) is 0 Å². The number of carbonyl (C=O) groups is 3. The molecule has 2 aromatic rings. The van der Waals surface area contributed by atoms with Crippen molar-refractivity contribution in [2.75, 3.05) is 57.8 Å². The van der Waals surface area contributed by atoms with Crippen LogP contribution in [0.2, 0.25) is 0 Å². The van der Waals surface area contributed by atoms with Crippen LogP contribution < -0.4 is 16.1 Å². The molecule has 1 aromatic carbocycles. The highest BCUT2D eigenvalue weighted by Gasteiger charge is 2.42. The molecule has 3 aliphatic heterocycles. The Morgan fingerprint density at radius 3 is 2.69 bits per heavy atom. The van der Waals surface area contributed by atoms with E-state index in [1.165, 1.54) is 11.3 Å². The third-order valence-corrected chi connectivity index (χ3v) is 7.72. The maximum Gasteiger partial charge on any atom is 0.333 e. The van der Waals surface area contributed by atoms with Gasteiger partial charge in [0.15, 0.2) is 5.78 Å². The first kappa shape index (κ1) is 23.0. The molecule has 11 nitrogen and oxygen atoms in total. The Labute approximate surface area is 211 Å². The summed E-state index contributed by atoms with van der Waals surface area (Å²) in [6.45, 7) is 5.19. The number of hydrazine groups is 1. The summed E-state index contributed by atoms with van der Waals surface area (Å²) in [7, 11) is 0. The van der Waals surface area contributed by atoms with Crippen LogP contribution in [0.5, 0.6) is 0 Å². The average Bonchev–Trinajstić information content (AvgIpc) is 3.62. The lowest BCUT2D eigenvalue weighted by Crippen LogP contribution is -2.49. The number of carbonyl (C=O) groups excluding carboxylic acids is 3. The summed E-state index contributed by atoms with van der Waals surface area (Å²) in [6.07, 6.45) is 0. The van der Waals surface area contributed by atoms with E-state index in [9.17, 15) is 14.4 Å². The summed E-state index contributed by atoms with van der Waals surface area (Å²) in [5, 5.41) is 16.6. The van der Waals surface area contributed by atoms with Crippen LogP contribution in [-0.2, 0) is 4.74 Å². The number of nitrogens with one attached hydrogen (secondary N) is 3. The number of benzene rings is 1. The molecule has 186 valence electrons. The zero-order valence-electron chi connectivity index (χ0n) is 19.5. The predicted octanol–water partition coefficient (Wildman–Crippen LogP) is 2.28. The molecule has 0 bridgehead atoms. The number of Topliss-reactive ketones (excluding diaryl/α,β-unsaturated/α-hetero) is 1. The highest BCUT2D eigenvalue weighted by atomic mass is 32.1. The van der Waals surface area contributed by atoms with Crippen LogP contribution in [-0.4, -0.2) is 80.1 Å². The van der Waals surface area contributed by atoms with Crippen molar-refractivity contribution in [3.63, 3.8) is 0 Å². The van der Waals surface area contributed by atoms with Crippen LogP contribution in [0.25, 0.3) is 5.70 Å². The summed E-state index contributed by atoms with van der Waals surface area (Å²) in [4.78, 5) is 42.3. The van der Waals surface area contributed by atoms with Gasteiger partial charge in [0.05, 0.1) is 39.8 Å². The maximum atomic E-state index is 13.6. The Morgan fingerprint density at radius 2 is 1.89 bits per heavy atom. The Hall–Kier alpha value is -3.45. The first-order valence-electron chi connectivity index (χ1n) is 11.9. The first-order valence-corrected chi connectivity index (χ1v) is 12.7. The second kappa shape index (κ2) is 9.54. The SMILES string of the molecule is O=C(Nc1cccc2c1C(=O)C1=C(c3ccc(C(=O)N4CCNCC4)s3)N=NC12)NN1CCOCC1. The van der Waals surface area contributed by atoms with E-state index in [1.807, 2.05) is 17.0 Å². The minimum absolute atomic E-state index is 0.0105. The van der Waals surface area contributed by atoms with Crippen LogP contribution in [0.4, 0.5) is 10.5 Å². The summed E-state index contributed by atoms with van der Waals surface area (Å²) in [5.41, 5.74) is 5.35. The molecule has 0 radical (unpaired) electrons. The molecule has 1 aliphatic carbocycles.